The van der Waals surface area contributed by atoms with Crippen LogP contribution < -0.4 is 10.9 Å². The Labute approximate surface area is 138 Å². The van der Waals surface area contributed by atoms with Crippen molar-refractivity contribution in [3.05, 3.63) is 23.3 Å². The van der Waals surface area contributed by atoms with Crippen molar-refractivity contribution in [2.75, 3.05) is 13.6 Å². The lowest BCUT2D eigenvalue weighted by Crippen LogP contribution is -2.38. The molecule has 1 aliphatic carbocycles. The van der Waals surface area contributed by atoms with E-state index in [1.54, 1.807) is 16.6 Å². The van der Waals surface area contributed by atoms with Gasteiger partial charge in [0.15, 0.2) is 0 Å². The molecule has 3 heterocycles. The van der Waals surface area contributed by atoms with E-state index in [0.717, 1.165) is 37.1 Å². The number of fused-ring (bicyclic) bond motifs is 1. The summed E-state index contributed by atoms with van der Waals surface area (Å²) >= 11 is 0. The molecule has 1 aliphatic heterocycles. The number of aromatic nitrogens is 5. The number of nitrogens with one attached hydrogen (secondary N) is 2. The van der Waals surface area contributed by atoms with E-state index in [9.17, 15) is 4.79 Å². The van der Waals surface area contributed by atoms with E-state index in [1.165, 1.54) is 11.9 Å². The first-order valence-corrected chi connectivity index (χ1v) is 8.16. The number of tetrazole rings is 1. The van der Waals surface area contributed by atoms with Gasteiger partial charge in [0, 0.05) is 25.6 Å². The quantitative estimate of drug-likeness (QED) is 0.764. The third-order valence-corrected chi connectivity index (χ3v) is 4.71. The van der Waals surface area contributed by atoms with Gasteiger partial charge in [0.2, 0.25) is 5.91 Å². The highest BCUT2D eigenvalue weighted by Crippen LogP contribution is 2.26. The number of nitrogens with zero attached hydrogens (tertiary/aromatic N) is 6. The van der Waals surface area contributed by atoms with Crippen LogP contribution in [0.2, 0.25) is 0 Å². The molecule has 1 saturated heterocycles. The van der Waals surface area contributed by atoms with Crippen LogP contribution in [0.3, 0.4) is 0 Å². The van der Waals surface area contributed by atoms with Crippen molar-refractivity contribution in [2.45, 2.75) is 38.4 Å². The first-order valence-electron chi connectivity index (χ1n) is 8.16. The fraction of sp³-hybridized carbons (Fsp3) is 0.643. The van der Waals surface area contributed by atoms with E-state index in [2.05, 4.69) is 31.5 Å². The molecule has 128 valence electrons. The molecule has 0 aromatic carbocycles. The number of rotatable bonds is 4. The molecule has 2 N–H and O–H groups in total. The Kier molecular flexibility index (Phi) is 3.98. The lowest BCUT2D eigenvalue weighted by molar-refractivity contribution is -0.135. The number of carbonyl (C=O) groups excluding carboxylic acids is 1. The lowest BCUT2D eigenvalue weighted by atomic mass is 9.96. The summed E-state index contributed by atoms with van der Waals surface area (Å²) in [5.74, 6) is 0.703. The van der Waals surface area contributed by atoms with Crippen LogP contribution in [0, 0.1) is 5.92 Å². The second-order valence-corrected chi connectivity index (χ2v) is 6.30. The number of hydrogen-bond acceptors (Lipinski definition) is 8. The van der Waals surface area contributed by atoms with Crippen LogP contribution in [-0.4, -0.2) is 49.8 Å². The minimum Gasteiger partial charge on any atom is -0.361 e. The SMILES string of the molecule is CN(Cc1noc2c1CCCC2)C(=O)C1CNNC1n1cnnn1. The molecule has 2 aromatic rings. The summed E-state index contributed by atoms with van der Waals surface area (Å²) in [4.78, 5) is 14.5. The van der Waals surface area contributed by atoms with E-state index >= 15 is 0 Å². The summed E-state index contributed by atoms with van der Waals surface area (Å²) in [7, 11) is 1.79. The predicted molar refractivity (Wildman–Crippen MR) is 81.1 cm³/mol. The smallest absolute Gasteiger partial charge is 0.230 e. The van der Waals surface area contributed by atoms with Crippen molar-refractivity contribution < 1.29 is 9.32 Å². The van der Waals surface area contributed by atoms with Crippen LogP contribution in [-0.2, 0) is 24.2 Å². The number of hydrogen-bond donors (Lipinski definition) is 2. The largest absolute Gasteiger partial charge is 0.361 e. The van der Waals surface area contributed by atoms with Gasteiger partial charge in [-0.15, -0.1) is 5.10 Å². The fourth-order valence-corrected chi connectivity index (χ4v) is 3.41. The third-order valence-electron chi connectivity index (χ3n) is 4.71. The molecule has 24 heavy (non-hydrogen) atoms. The average Bonchev–Trinajstić information content (AvgIpc) is 3.34. The summed E-state index contributed by atoms with van der Waals surface area (Å²) in [6.45, 7) is 0.973. The first kappa shape index (κ1) is 15.2. The molecule has 2 unspecified atom stereocenters. The van der Waals surface area contributed by atoms with Crippen LogP contribution in [0.1, 0.15) is 36.0 Å². The highest BCUT2D eigenvalue weighted by atomic mass is 16.5. The average molecular weight is 332 g/mol. The van der Waals surface area contributed by atoms with E-state index in [4.69, 9.17) is 4.52 Å². The zero-order valence-electron chi connectivity index (χ0n) is 13.5. The number of amides is 1. The van der Waals surface area contributed by atoms with Gasteiger partial charge in [-0.1, -0.05) is 5.16 Å². The molecule has 2 atom stereocenters. The number of carbonyl (C=O) groups is 1. The summed E-state index contributed by atoms with van der Waals surface area (Å²) in [6.07, 6.45) is 5.41. The Hall–Kier alpha value is -2.33. The van der Waals surface area contributed by atoms with Crippen LogP contribution in [0.5, 0.6) is 0 Å². The number of hydrazine groups is 1. The summed E-state index contributed by atoms with van der Waals surface area (Å²) in [5, 5.41) is 15.3. The maximum atomic E-state index is 12.9. The monoisotopic (exact) mass is 332 g/mol. The molecule has 10 nitrogen and oxygen atoms in total. The van der Waals surface area contributed by atoms with Crippen molar-refractivity contribution in [3.63, 3.8) is 0 Å². The van der Waals surface area contributed by atoms with E-state index < -0.39 is 0 Å². The molecule has 0 saturated carbocycles. The molecule has 10 heteroatoms. The molecular formula is C14H20N8O2. The van der Waals surface area contributed by atoms with Gasteiger partial charge >= 0.3 is 0 Å². The highest BCUT2D eigenvalue weighted by molar-refractivity contribution is 5.79. The van der Waals surface area contributed by atoms with Gasteiger partial charge in [-0.3, -0.25) is 10.2 Å². The fourth-order valence-electron chi connectivity index (χ4n) is 3.41. The van der Waals surface area contributed by atoms with Crippen LogP contribution in [0.25, 0.3) is 0 Å². The van der Waals surface area contributed by atoms with Crippen molar-refractivity contribution in [1.29, 1.82) is 0 Å². The molecule has 1 amide bonds. The van der Waals surface area contributed by atoms with Crippen LogP contribution in [0.15, 0.2) is 10.9 Å². The zero-order valence-corrected chi connectivity index (χ0v) is 13.5. The van der Waals surface area contributed by atoms with Gasteiger partial charge in [-0.25, -0.2) is 10.1 Å². The van der Waals surface area contributed by atoms with Crippen molar-refractivity contribution in [1.82, 2.24) is 41.1 Å². The summed E-state index contributed by atoms with van der Waals surface area (Å²) in [6, 6.07) is 0. The minimum absolute atomic E-state index is 0.0144. The van der Waals surface area contributed by atoms with Gasteiger partial charge < -0.3 is 9.42 Å². The molecule has 0 bridgehead atoms. The van der Waals surface area contributed by atoms with Gasteiger partial charge in [0.05, 0.1) is 12.5 Å². The standard InChI is InChI=1S/C14H20N8O2/c1-21(7-11-9-4-2-3-5-12(9)24-18-11)14(23)10-6-15-17-13(10)22-8-16-19-20-22/h8,10,13,15,17H,2-7H2,1H3. The second kappa shape index (κ2) is 6.29. The van der Waals surface area contributed by atoms with E-state index in [1.807, 2.05) is 0 Å². The topological polar surface area (TPSA) is 114 Å². The van der Waals surface area contributed by atoms with Crippen molar-refractivity contribution >= 4 is 5.91 Å². The molecule has 0 spiro atoms. The van der Waals surface area contributed by atoms with Gasteiger partial charge in [0.1, 0.15) is 23.9 Å². The maximum absolute atomic E-state index is 12.9. The summed E-state index contributed by atoms with van der Waals surface area (Å²) < 4.78 is 6.98. The minimum atomic E-state index is -0.304. The van der Waals surface area contributed by atoms with Gasteiger partial charge in [-0.05, 0) is 29.7 Å². The van der Waals surface area contributed by atoms with Crippen LogP contribution in [0.4, 0.5) is 0 Å². The third kappa shape index (κ3) is 2.67. The second-order valence-electron chi connectivity index (χ2n) is 6.30. The highest BCUT2D eigenvalue weighted by Gasteiger charge is 2.37. The Morgan fingerprint density at radius 2 is 2.33 bits per heavy atom. The Bertz CT molecular complexity index is 712. The Balaban J connectivity index is 1.47. The van der Waals surface area contributed by atoms with E-state index in [-0.39, 0.29) is 18.0 Å². The first-order chi connectivity index (χ1) is 11.7. The molecule has 4 rings (SSSR count). The molecule has 2 aromatic heterocycles. The molecule has 0 radical (unpaired) electrons. The number of aryl methyl sites for hydroxylation is 1. The molecule has 1 fully saturated rings. The van der Waals surface area contributed by atoms with E-state index in [0.29, 0.717) is 13.1 Å². The lowest BCUT2D eigenvalue weighted by Gasteiger charge is -2.23. The predicted octanol–water partition coefficient (Wildman–Crippen LogP) is -0.579. The molecular weight excluding hydrogens is 312 g/mol. The van der Waals surface area contributed by atoms with Crippen LogP contribution >= 0.6 is 0 Å². The zero-order chi connectivity index (χ0) is 16.5. The van der Waals surface area contributed by atoms with Crippen molar-refractivity contribution in [3.8, 4) is 0 Å². The Morgan fingerprint density at radius 3 is 3.17 bits per heavy atom. The van der Waals surface area contributed by atoms with Crippen molar-refractivity contribution in [2.24, 2.45) is 5.92 Å². The normalized spacial score (nSPS) is 23.2. The van der Waals surface area contributed by atoms with Gasteiger partial charge in [0.25, 0.3) is 0 Å². The summed E-state index contributed by atoms with van der Waals surface area (Å²) in [5.41, 5.74) is 8.10. The maximum Gasteiger partial charge on any atom is 0.230 e. The Morgan fingerprint density at radius 1 is 1.46 bits per heavy atom. The molecule has 2 aliphatic rings. The van der Waals surface area contributed by atoms with Gasteiger partial charge in [-0.2, -0.15) is 0 Å².